The van der Waals surface area contributed by atoms with Crippen molar-refractivity contribution >= 4 is 23.4 Å². The molecule has 1 atom stereocenters. The maximum atomic E-state index is 12.0. The van der Waals surface area contributed by atoms with Crippen molar-refractivity contribution in [3.05, 3.63) is 17.7 Å². The van der Waals surface area contributed by atoms with Crippen LogP contribution in [0.1, 0.15) is 12.0 Å². The van der Waals surface area contributed by atoms with Gasteiger partial charge in [0.25, 0.3) is 0 Å². The van der Waals surface area contributed by atoms with Crippen molar-refractivity contribution < 1.29 is 14.3 Å². The zero-order chi connectivity index (χ0) is 15.1. The van der Waals surface area contributed by atoms with E-state index in [1.807, 2.05) is 19.2 Å². The van der Waals surface area contributed by atoms with Gasteiger partial charge in [-0.3, -0.25) is 4.79 Å². The minimum Gasteiger partial charge on any atom is -0.493 e. The number of methoxy groups -OCH3 is 2. The molecule has 0 saturated carbocycles. The fourth-order valence-corrected chi connectivity index (χ4v) is 2.21. The highest BCUT2D eigenvalue weighted by Crippen LogP contribution is 2.32. The van der Waals surface area contributed by atoms with E-state index in [0.717, 1.165) is 11.3 Å². The summed E-state index contributed by atoms with van der Waals surface area (Å²) >= 11 is 1.67. The molecule has 0 unspecified atom stereocenters. The first-order chi connectivity index (χ1) is 9.53. The topological polar surface area (TPSA) is 73.6 Å². The maximum absolute atomic E-state index is 12.0. The first-order valence-corrected chi connectivity index (χ1v) is 7.70. The van der Waals surface area contributed by atoms with Gasteiger partial charge in [0.1, 0.15) is 0 Å². The molecule has 0 spiro atoms. The molecule has 0 aromatic heterocycles. The predicted octanol–water partition coefficient (Wildman–Crippen LogP) is 2.03. The molecule has 1 rings (SSSR count). The number of nitrogens with one attached hydrogen (secondary N) is 1. The third-order valence-corrected chi connectivity index (χ3v) is 3.60. The van der Waals surface area contributed by atoms with Gasteiger partial charge in [0.2, 0.25) is 5.91 Å². The molecular weight excluding hydrogens is 276 g/mol. The molecule has 0 bridgehead atoms. The summed E-state index contributed by atoms with van der Waals surface area (Å²) in [6, 6.07) is 3.06. The van der Waals surface area contributed by atoms with E-state index in [0.29, 0.717) is 23.6 Å². The number of thioether (sulfide) groups is 1. The van der Waals surface area contributed by atoms with E-state index < -0.39 is 6.04 Å². The van der Waals surface area contributed by atoms with Crippen LogP contribution in [0.2, 0.25) is 0 Å². The Kier molecular flexibility index (Phi) is 6.67. The van der Waals surface area contributed by atoms with Crippen LogP contribution in [0.25, 0.3) is 0 Å². The van der Waals surface area contributed by atoms with Crippen molar-refractivity contribution in [2.75, 3.05) is 31.5 Å². The summed E-state index contributed by atoms with van der Waals surface area (Å²) in [6.45, 7) is 1.89. The lowest BCUT2D eigenvalue weighted by Crippen LogP contribution is -2.36. The minimum atomic E-state index is -0.505. The Labute approximate surface area is 124 Å². The lowest BCUT2D eigenvalue weighted by Gasteiger charge is -2.16. The molecule has 3 N–H and O–H groups in total. The quantitative estimate of drug-likeness (QED) is 0.806. The van der Waals surface area contributed by atoms with Crippen LogP contribution in [0.3, 0.4) is 0 Å². The lowest BCUT2D eigenvalue weighted by atomic mass is 10.1. The minimum absolute atomic E-state index is 0.186. The van der Waals surface area contributed by atoms with Crippen molar-refractivity contribution in [2.24, 2.45) is 5.73 Å². The van der Waals surface area contributed by atoms with Crippen LogP contribution in [0.4, 0.5) is 5.69 Å². The zero-order valence-corrected chi connectivity index (χ0v) is 13.2. The lowest BCUT2D eigenvalue weighted by molar-refractivity contribution is -0.117. The molecule has 0 fully saturated rings. The summed E-state index contributed by atoms with van der Waals surface area (Å²) in [6.07, 6.45) is 2.64. The number of hydrogen-bond donors (Lipinski definition) is 2. The Morgan fingerprint density at radius 1 is 1.35 bits per heavy atom. The Morgan fingerprint density at radius 3 is 2.50 bits per heavy atom. The second-order valence-electron chi connectivity index (χ2n) is 4.40. The number of nitrogens with two attached hydrogens (primary N) is 1. The van der Waals surface area contributed by atoms with E-state index in [1.165, 1.54) is 0 Å². The van der Waals surface area contributed by atoms with Gasteiger partial charge in [0.15, 0.2) is 11.5 Å². The van der Waals surface area contributed by atoms with Crippen LogP contribution < -0.4 is 20.5 Å². The molecule has 0 aliphatic heterocycles. The number of ether oxygens (including phenoxy) is 2. The second-order valence-corrected chi connectivity index (χ2v) is 5.38. The van der Waals surface area contributed by atoms with Gasteiger partial charge in [-0.05, 0) is 37.0 Å². The number of aryl methyl sites for hydroxylation is 1. The van der Waals surface area contributed by atoms with E-state index >= 15 is 0 Å². The highest BCUT2D eigenvalue weighted by molar-refractivity contribution is 7.98. The molecule has 6 heteroatoms. The molecule has 112 valence electrons. The molecule has 5 nitrogen and oxygen atoms in total. The summed E-state index contributed by atoms with van der Waals surface area (Å²) in [4.78, 5) is 12.0. The highest BCUT2D eigenvalue weighted by atomic mass is 32.2. The van der Waals surface area contributed by atoms with Gasteiger partial charge < -0.3 is 20.5 Å². The van der Waals surface area contributed by atoms with Gasteiger partial charge in [-0.2, -0.15) is 11.8 Å². The van der Waals surface area contributed by atoms with Crippen molar-refractivity contribution in [3.63, 3.8) is 0 Å². The van der Waals surface area contributed by atoms with Crippen LogP contribution in [-0.4, -0.2) is 38.2 Å². The average molecular weight is 298 g/mol. The number of carbonyl (C=O) groups is 1. The van der Waals surface area contributed by atoms with Gasteiger partial charge in [0.05, 0.1) is 20.3 Å². The Hall–Kier alpha value is -1.40. The molecule has 1 aromatic carbocycles. The van der Waals surface area contributed by atoms with Crippen molar-refractivity contribution in [1.29, 1.82) is 0 Å². The molecule has 1 amide bonds. The third kappa shape index (κ3) is 4.31. The Bertz CT molecular complexity index is 466. The summed E-state index contributed by atoms with van der Waals surface area (Å²) in [5.41, 5.74) is 7.43. The maximum Gasteiger partial charge on any atom is 0.241 e. The molecule has 1 aromatic rings. The molecular formula is C14H22N2O3S. The molecule has 0 aliphatic rings. The van der Waals surface area contributed by atoms with Crippen molar-refractivity contribution in [2.45, 2.75) is 19.4 Å². The summed E-state index contributed by atoms with van der Waals surface area (Å²) in [5.74, 6) is 1.88. The predicted molar refractivity (Wildman–Crippen MR) is 83.9 cm³/mol. The van der Waals surface area contributed by atoms with Crippen LogP contribution in [0.5, 0.6) is 11.5 Å². The number of benzene rings is 1. The average Bonchev–Trinajstić information content (AvgIpc) is 2.45. The second kappa shape index (κ2) is 8.01. The van der Waals surface area contributed by atoms with Gasteiger partial charge in [0, 0.05) is 11.8 Å². The Morgan fingerprint density at radius 2 is 1.95 bits per heavy atom. The number of carbonyl (C=O) groups excluding carboxylic acids is 1. The van der Waals surface area contributed by atoms with E-state index in [1.54, 1.807) is 32.0 Å². The fraction of sp³-hybridized carbons (Fsp3) is 0.500. The highest BCUT2D eigenvalue weighted by Gasteiger charge is 2.16. The standard InChI is InChI=1S/C14H22N2O3S/c1-9-7-12(18-2)13(19-3)8-11(9)16-14(17)10(15)5-6-20-4/h7-8,10H,5-6,15H2,1-4H3,(H,16,17)/t10-/m0/s1. The van der Waals surface area contributed by atoms with Crippen LogP contribution in [0.15, 0.2) is 12.1 Å². The molecule has 0 radical (unpaired) electrons. The summed E-state index contributed by atoms with van der Waals surface area (Å²) in [7, 11) is 3.14. The number of rotatable bonds is 7. The molecule has 0 heterocycles. The zero-order valence-electron chi connectivity index (χ0n) is 12.4. The first-order valence-electron chi connectivity index (χ1n) is 6.31. The smallest absolute Gasteiger partial charge is 0.241 e. The van der Waals surface area contributed by atoms with E-state index in [4.69, 9.17) is 15.2 Å². The molecule has 20 heavy (non-hydrogen) atoms. The normalized spacial score (nSPS) is 11.8. The summed E-state index contributed by atoms with van der Waals surface area (Å²) in [5, 5.41) is 2.84. The van der Waals surface area contributed by atoms with Crippen LogP contribution in [0, 0.1) is 6.92 Å². The van der Waals surface area contributed by atoms with Crippen molar-refractivity contribution in [1.82, 2.24) is 0 Å². The molecule has 0 saturated heterocycles. The van der Waals surface area contributed by atoms with Gasteiger partial charge >= 0.3 is 0 Å². The largest absolute Gasteiger partial charge is 0.493 e. The van der Waals surface area contributed by atoms with Gasteiger partial charge in [-0.15, -0.1) is 0 Å². The first kappa shape index (κ1) is 16.7. The number of hydrogen-bond acceptors (Lipinski definition) is 5. The van der Waals surface area contributed by atoms with Gasteiger partial charge in [-0.25, -0.2) is 0 Å². The van der Waals surface area contributed by atoms with Crippen molar-refractivity contribution in [3.8, 4) is 11.5 Å². The van der Waals surface area contributed by atoms with Gasteiger partial charge in [-0.1, -0.05) is 0 Å². The SMILES string of the molecule is COc1cc(C)c(NC(=O)[C@@H](N)CCSC)cc1OC. The molecule has 0 aliphatic carbocycles. The number of amides is 1. The number of anilines is 1. The summed E-state index contributed by atoms with van der Waals surface area (Å²) < 4.78 is 10.4. The van der Waals surface area contributed by atoms with E-state index in [-0.39, 0.29) is 5.91 Å². The van der Waals surface area contributed by atoms with Crippen LogP contribution in [-0.2, 0) is 4.79 Å². The van der Waals surface area contributed by atoms with Crippen LogP contribution >= 0.6 is 11.8 Å². The third-order valence-electron chi connectivity index (χ3n) is 2.96. The Balaban J connectivity index is 2.84. The van der Waals surface area contributed by atoms with E-state index in [9.17, 15) is 4.79 Å². The van der Waals surface area contributed by atoms with E-state index in [2.05, 4.69) is 5.32 Å². The monoisotopic (exact) mass is 298 g/mol. The fourth-order valence-electron chi connectivity index (χ4n) is 1.72.